The van der Waals surface area contributed by atoms with Crippen molar-refractivity contribution in [2.45, 2.75) is 63.8 Å². The number of amides is 1. The van der Waals surface area contributed by atoms with E-state index in [2.05, 4.69) is 17.0 Å². The molecule has 0 saturated heterocycles. The fourth-order valence-corrected chi connectivity index (χ4v) is 4.22. The van der Waals surface area contributed by atoms with E-state index in [0.717, 1.165) is 18.6 Å². The van der Waals surface area contributed by atoms with Crippen molar-refractivity contribution in [2.75, 3.05) is 11.9 Å². The summed E-state index contributed by atoms with van der Waals surface area (Å²) < 4.78 is 33.0. The Morgan fingerprint density at radius 3 is 2.13 bits per heavy atom. The molecule has 0 spiro atoms. The van der Waals surface area contributed by atoms with Gasteiger partial charge >= 0.3 is 0 Å². The summed E-state index contributed by atoms with van der Waals surface area (Å²) in [4.78, 5) is 12.6. The summed E-state index contributed by atoms with van der Waals surface area (Å²) in [6, 6.07) is 13.1. The first kappa shape index (κ1) is 23.9. The Morgan fingerprint density at radius 2 is 1.57 bits per heavy atom. The predicted molar refractivity (Wildman–Crippen MR) is 121 cm³/mol. The normalized spacial score (nSPS) is 11.9. The minimum atomic E-state index is -3.61. The molecule has 2 rings (SSSR count). The fourth-order valence-electron chi connectivity index (χ4n) is 2.80. The number of sulfonamides is 1. The number of ether oxygens (including phenoxy) is 1. The van der Waals surface area contributed by atoms with Crippen LogP contribution in [0.15, 0.2) is 53.4 Å². The lowest BCUT2D eigenvalue weighted by Gasteiger charge is -2.20. The number of unbranched alkanes of at least 4 members (excludes halogenated alkanes) is 3. The van der Waals surface area contributed by atoms with Gasteiger partial charge in [0.2, 0.25) is 10.0 Å². The zero-order valence-corrected chi connectivity index (χ0v) is 19.0. The SMILES string of the molecule is CCCCCCOc1ccc(C(=O)Nc2ccc(S(=O)(=O)NC(C)(C)C)cc2)cc1. The van der Waals surface area contributed by atoms with Crippen LogP contribution in [0.25, 0.3) is 0 Å². The molecule has 30 heavy (non-hydrogen) atoms. The van der Waals surface area contributed by atoms with E-state index in [1.54, 1.807) is 57.2 Å². The predicted octanol–water partition coefficient (Wildman–Crippen LogP) is 4.97. The Kier molecular flexibility index (Phi) is 8.43. The summed E-state index contributed by atoms with van der Waals surface area (Å²) in [6.45, 7) is 8.18. The zero-order chi connectivity index (χ0) is 22.2. The third-order valence-corrected chi connectivity index (χ3v) is 6.02. The second-order valence-electron chi connectivity index (χ2n) is 8.27. The lowest BCUT2D eigenvalue weighted by atomic mass is 10.1. The van der Waals surface area contributed by atoms with E-state index in [4.69, 9.17) is 4.74 Å². The van der Waals surface area contributed by atoms with Gasteiger partial charge in [0, 0.05) is 16.8 Å². The number of nitrogens with one attached hydrogen (secondary N) is 2. The summed E-state index contributed by atoms with van der Waals surface area (Å²) in [5.41, 5.74) is 0.447. The van der Waals surface area contributed by atoms with E-state index in [0.29, 0.717) is 17.9 Å². The van der Waals surface area contributed by atoms with Crippen LogP contribution in [0.4, 0.5) is 5.69 Å². The van der Waals surface area contributed by atoms with Crippen LogP contribution in [0.5, 0.6) is 5.75 Å². The van der Waals surface area contributed by atoms with Crippen molar-refractivity contribution in [3.05, 3.63) is 54.1 Å². The molecule has 2 aromatic rings. The molecule has 0 aliphatic carbocycles. The number of hydrogen-bond donors (Lipinski definition) is 2. The molecule has 0 heterocycles. The van der Waals surface area contributed by atoms with Crippen molar-refractivity contribution >= 4 is 21.6 Å². The van der Waals surface area contributed by atoms with Crippen LogP contribution < -0.4 is 14.8 Å². The second-order valence-corrected chi connectivity index (χ2v) is 9.95. The van der Waals surface area contributed by atoms with Gasteiger partial charge in [-0.1, -0.05) is 26.2 Å². The van der Waals surface area contributed by atoms with E-state index in [9.17, 15) is 13.2 Å². The van der Waals surface area contributed by atoms with Crippen LogP contribution in [-0.4, -0.2) is 26.5 Å². The first-order chi connectivity index (χ1) is 14.1. The smallest absolute Gasteiger partial charge is 0.255 e. The van der Waals surface area contributed by atoms with E-state index < -0.39 is 15.6 Å². The van der Waals surface area contributed by atoms with Gasteiger partial charge in [-0.05, 0) is 75.7 Å². The number of benzene rings is 2. The lowest BCUT2D eigenvalue weighted by Crippen LogP contribution is -2.40. The maximum atomic E-state index is 12.4. The average molecular weight is 433 g/mol. The summed E-state index contributed by atoms with van der Waals surface area (Å²) >= 11 is 0. The number of anilines is 1. The average Bonchev–Trinajstić information content (AvgIpc) is 2.67. The molecular weight excluding hydrogens is 400 g/mol. The molecule has 0 atom stereocenters. The Morgan fingerprint density at radius 1 is 0.933 bits per heavy atom. The molecule has 0 aromatic heterocycles. The molecule has 0 radical (unpaired) electrons. The number of carbonyl (C=O) groups excluding carboxylic acids is 1. The molecule has 0 fully saturated rings. The van der Waals surface area contributed by atoms with Gasteiger partial charge in [0.25, 0.3) is 5.91 Å². The second kappa shape index (κ2) is 10.6. The molecule has 1 amide bonds. The van der Waals surface area contributed by atoms with Crippen molar-refractivity contribution < 1.29 is 17.9 Å². The molecule has 164 valence electrons. The first-order valence-corrected chi connectivity index (χ1v) is 11.8. The highest BCUT2D eigenvalue weighted by atomic mass is 32.2. The standard InChI is InChI=1S/C23H32N2O4S/c1-5-6-7-8-17-29-20-13-9-18(10-14-20)22(26)24-19-11-15-21(16-12-19)30(27,28)25-23(2,3)4/h9-16,25H,5-8,17H2,1-4H3,(H,24,26). The Balaban J connectivity index is 1.93. The van der Waals surface area contributed by atoms with Gasteiger partial charge in [-0.25, -0.2) is 13.1 Å². The number of rotatable bonds is 10. The molecule has 2 aromatic carbocycles. The van der Waals surface area contributed by atoms with Crippen LogP contribution in [0, 0.1) is 0 Å². The third kappa shape index (κ3) is 7.80. The molecule has 2 N–H and O–H groups in total. The number of hydrogen-bond acceptors (Lipinski definition) is 4. The minimum absolute atomic E-state index is 0.149. The highest BCUT2D eigenvalue weighted by Gasteiger charge is 2.21. The van der Waals surface area contributed by atoms with Gasteiger partial charge in [0.05, 0.1) is 11.5 Å². The molecule has 0 unspecified atom stereocenters. The minimum Gasteiger partial charge on any atom is -0.494 e. The molecule has 6 nitrogen and oxygen atoms in total. The lowest BCUT2D eigenvalue weighted by molar-refractivity contribution is 0.102. The van der Waals surface area contributed by atoms with Crippen molar-refractivity contribution in [3.63, 3.8) is 0 Å². The largest absolute Gasteiger partial charge is 0.494 e. The molecule has 0 saturated carbocycles. The maximum absolute atomic E-state index is 12.4. The highest BCUT2D eigenvalue weighted by molar-refractivity contribution is 7.89. The number of carbonyl (C=O) groups is 1. The van der Waals surface area contributed by atoms with E-state index in [1.807, 2.05) is 0 Å². The zero-order valence-electron chi connectivity index (χ0n) is 18.2. The molecular formula is C23H32N2O4S. The molecule has 0 aliphatic heterocycles. The van der Waals surface area contributed by atoms with Crippen LogP contribution in [-0.2, 0) is 10.0 Å². The monoisotopic (exact) mass is 432 g/mol. The van der Waals surface area contributed by atoms with Gasteiger partial charge in [0.1, 0.15) is 5.75 Å². The summed E-state index contributed by atoms with van der Waals surface area (Å²) in [7, 11) is -3.61. The van der Waals surface area contributed by atoms with Crippen LogP contribution in [0.3, 0.4) is 0 Å². The fraction of sp³-hybridized carbons (Fsp3) is 0.435. The van der Waals surface area contributed by atoms with Crippen molar-refractivity contribution in [1.29, 1.82) is 0 Å². The summed E-state index contributed by atoms with van der Waals surface area (Å²) in [5.74, 6) is 0.469. The van der Waals surface area contributed by atoms with Gasteiger partial charge in [-0.15, -0.1) is 0 Å². The first-order valence-electron chi connectivity index (χ1n) is 10.3. The molecule has 7 heteroatoms. The Bertz CT molecular complexity index is 915. The van der Waals surface area contributed by atoms with E-state index >= 15 is 0 Å². The quantitative estimate of drug-likeness (QED) is 0.519. The third-order valence-electron chi connectivity index (χ3n) is 4.25. The van der Waals surface area contributed by atoms with Crippen LogP contribution in [0.2, 0.25) is 0 Å². The topological polar surface area (TPSA) is 84.5 Å². The van der Waals surface area contributed by atoms with Crippen molar-refractivity contribution in [3.8, 4) is 5.75 Å². The summed E-state index contributed by atoms with van der Waals surface area (Å²) in [5, 5.41) is 2.78. The van der Waals surface area contributed by atoms with Crippen molar-refractivity contribution in [1.82, 2.24) is 4.72 Å². The van der Waals surface area contributed by atoms with Crippen LogP contribution in [0.1, 0.15) is 63.7 Å². The highest BCUT2D eigenvalue weighted by Crippen LogP contribution is 2.18. The van der Waals surface area contributed by atoms with Gasteiger partial charge < -0.3 is 10.1 Å². The molecule has 0 aliphatic rings. The Hall–Kier alpha value is -2.38. The van der Waals surface area contributed by atoms with Gasteiger partial charge in [-0.3, -0.25) is 4.79 Å². The van der Waals surface area contributed by atoms with Gasteiger partial charge in [0.15, 0.2) is 0 Å². The summed E-state index contributed by atoms with van der Waals surface area (Å²) in [6.07, 6.45) is 4.58. The maximum Gasteiger partial charge on any atom is 0.255 e. The molecule has 0 bridgehead atoms. The Labute approximate surface area is 180 Å². The van der Waals surface area contributed by atoms with Crippen LogP contribution >= 0.6 is 0 Å². The van der Waals surface area contributed by atoms with Gasteiger partial charge in [-0.2, -0.15) is 0 Å². The van der Waals surface area contributed by atoms with E-state index in [1.165, 1.54) is 25.0 Å². The van der Waals surface area contributed by atoms with Crippen molar-refractivity contribution in [2.24, 2.45) is 0 Å². The van der Waals surface area contributed by atoms with E-state index in [-0.39, 0.29) is 10.8 Å².